The van der Waals surface area contributed by atoms with Crippen LogP contribution in [0.3, 0.4) is 0 Å². The van der Waals surface area contributed by atoms with Gasteiger partial charge >= 0.3 is 0 Å². The number of aldehydes is 1. The molecule has 0 aromatic rings. The van der Waals surface area contributed by atoms with Crippen LogP contribution in [-0.2, 0) is 9.59 Å². The molecule has 0 saturated heterocycles. The van der Waals surface area contributed by atoms with Crippen molar-refractivity contribution in [3.05, 3.63) is 24.2 Å². The van der Waals surface area contributed by atoms with Gasteiger partial charge in [0.15, 0.2) is 0 Å². The molecule has 2 fully saturated rings. The maximum atomic E-state index is 12.3. The molecule has 8 heteroatoms. The van der Waals surface area contributed by atoms with Gasteiger partial charge in [-0.1, -0.05) is 5.92 Å². The van der Waals surface area contributed by atoms with E-state index in [0.717, 1.165) is 6.29 Å². The summed E-state index contributed by atoms with van der Waals surface area (Å²) >= 11 is 0. The fourth-order valence-corrected chi connectivity index (χ4v) is 3.17. The molecule has 2 rings (SSSR count). The Bertz CT molecular complexity index is 712. The highest BCUT2D eigenvalue weighted by molar-refractivity contribution is 6.43. The number of nitrogens with zero attached hydrogens (tertiary/aromatic N) is 2. The molecule has 0 heterocycles. The van der Waals surface area contributed by atoms with Crippen LogP contribution in [0.15, 0.2) is 34.2 Å². The Balaban J connectivity index is 0.000000424. The number of nitrogens with two attached hydrogens (primary N) is 3. The zero-order valence-electron chi connectivity index (χ0n) is 17.8. The monoisotopic (exact) mass is 414 g/mol. The first-order chi connectivity index (χ1) is 14.4. The van der Waals surface area contributed by atoms with Gasteiger partial charge in [0.05, 0.1) is 18.3 Å². The smallest absolute Gasteiger partial charge is 0.270 e. The largest absolute Gasteiger partial charge is 0.405 e. The number of terminal acetylenes is 1. The Kier molecular flexibility index (Phi) is 11.0. The van der Waals surface area contributed by atoms with E-state index in [9.17, 15) is 9.59 Å². The maximum Gasteiger partial charge on any atom is 0.270 e. The van der Waals surface area contributed by atoms with Crippen LogP contribution in [0.5, 0.6) is 0 Å². The van der Waals surface area contributed by atoms with Gasteiger partial charge in [-0.15, -0.1) is 6.42 Å². The number of hydrogen-bond donors (Lipinski definition) is 4. The van der Waals surface area contributed by atoms with Crippen LogP contribution in [0.1, 0.15) is 39.5 Å². The van der Waals surface area contributed by atoms with Gasteiger partial charge in [-0.05, 0) is 69.6 Å². The number of allylic oxidation sites excluding steroid dienone is 1. The Hall–Kier alpha value is -3.08. The van der Waals surface area contributed by atoms with E-state index in [2.05, 4.69) is 21.2 Å². The van der Waals surface area contributed by atoms with Crippen molar-refractivity contribution >= 4 is 24.1 Å². The molecule has 30 heavy (non-hydrogen) atoms. The molecule has 1 atom stereocenters. The third-order valence-corrected chi connectivity index (χ3v) is 4.69. The molecule has 0 spiro atoms. The number of carbonyl (C=O) groups is 2. The van der Waals surface area contributed by atoms with Crippen LogP contribution < -0.4 is 22.5 Å². The Morgan fingerprint density at radius 3 is 2.23 bits per heavy atom. The van der Waals surface area contributed by atoms with Crippen molar-refractivity contribution in [3.8, 4) is 12.3 Å². The summed E-state index contributed by atoms with van der Waals surface area (Å²) in [6, 6.07) is -0.402. The van der Waals surface area contributed by atoms with Gasteiger partial charge in [0.1, 0.15) is 12.0 Å². The highest BCUT2D eigenvalue weighted by Gasteiger charge is 2.46. The van der Waals surface area contributed by atoms with Gasteiger partial charge in [0, 0.05) is 18.5 Å². The molecule has 1 amide bonds. The van der Waals surface area contributed by atoms with E-state index in [1.807, 2.05) is 13.8 Å². The molecule has 7 N–H and O–H groups in total. The van der Waals surface area contributed by atoms with Crippen molar-refractivity contribution < 1.29 is 9.59 Å². The Morgan fingerprint density at radius 2 is 1.83 bits per heavy atom. The minimum Gasteiger partial charge on any atom is -0.405 e. The van der Waals surface area contributed by atoms with Crippen molar-refractivity contribution in [1.29, 1.82) is 0 Å². The fraction of sp³-hybridized carbons (Fsp3) is 0.545. The first kappa shape index (κ1) is 25.0. The highest BCUT2D eigenvalue weighted by atomic mass is 16.2. The van der Waals surface area contributed by atoms with Crippen LogP contribution in [0.25, 0.3) is 0 Å². The zero-order valence-corrected chi connectivity index (χ0v) is 17.8. The molecule has 164 valence electrons. The van der Waals surface area contributed by atoms with Crippen molar-refractivity contribution in [3.63, 3.8) is 0 Å². The molecule has 0 bridgehead atoms. The topological polar surface area (TPSA) is 149 Å². The minimum atomic E-state index is -0.402. The van der Waals surface area contributed by atoms with E-state index in [1.165, 1.54) is 50.4 Å². The van der Waals surface area contributed by atoms with Crippen molar-refractivity contribution in [2.24, 2.45) is 44.9 Å². The van der Waals surface area contributed by atoms with E-state index in [1.54, 1.807) is 0 Å². The lowest BCUT2D eigenvalue weighted by Gasteiger charge is -2.23. The summed E-state index contributed by atoms with van der Waals surface area (Å²) in [5.74, 6) is 3.51. The third kappa shape index (κ3) is 9.41. The van der Waals surface area contributed by atoms with E-state index in [-0.39, 0.29) is 17.7 Å². The molecule has 0 aromatic carbocycles. The SMILES string of the molecule is C#CCN=C/C(N)=C\N.CC(C)N=C(/C=C\N)C(=O)NC(C=O)C(C1CC1)C1CC1. The van der Waals surface area contributed by atoms with Gasteiger partial charge in [-0.3, -0.25) is 14.8 Å². The predicted octanol–water partition coefficient (Wildman–Crippen LogP) is 0.877. The summed E-state index contributed by atoms with van der Waals surface area (Å²) in [6.07, 6.45) is 16.0. The maximum absolute atomic E-state index is 12.3. The second kappa shape index (κ2) is 13.2. The summed E-state index contributed by atoms with van der Waals surface area (Å²) in [7, 11) is 0. The van der Waals surface area contributed by atoms with Crippen LogP contribution in [0, 0.1) is 30.1 Å². The lowest BCUT2D eigenvalue weighted by molar-refractivity contribution is -0.120. The number of carbonyl (C=O) groups excluding carboxylic acids is 2. The van der Waals surface area contributed by atoms with Gasteiger partial charge in [-0.25, -0.2) is 0 Å². The molecular weight excluding hydrogens is 380 g/mol. The van der Waals surface area contributed by atoms with Gasteiger partial charge in [-0.2, -0.15) is 0 Å². The lowest BCUT2D eigenvalue weighted by atomic mass is 9.90. The van der Waals surface area contributed by atoms with Gasteiger partial charge < -0.3 is 27.3 Å². The molecule has 0 radical (unpaired) electrons. The quantitative estimate of drug-likeness (QED) is 0.238. The van der Waals surface area contributed by atoms with Crippen molar-refractivity contribution in [2.75, 3.05) is 6.54 Å². The number of nitrogens with one attached hydrogen (secondary N) is 1. The molecule has 2 aliphatic rings. The van der Waals surface area contributed by atoms with Gasteiger partial charge in [0.2, 0.25) is 0 Å². The number of amides is 1. The molecule has 1 unspecified atom stereocenters. The third-order valence-electron chi connectivity index (χ3n) is 4.69. The molecule has 0 aliphatic heterocycles. The summed E-state index contributed by atoms with van der Waals surface area (Å²) in [4.78, 5) is 31.8. The van der Waals surface area contributed by atoms with Crippen LogP contribution in [0.4, 0.5) is 0 Å². The second-order valence-corrected chi connectivity index (χ2v) is 7.70. The average molecular weight is 415 g/mol. The summed E-state index contributed by atoms with van der Waals surface area (Å²) < 4.78 is 0. The molecule has 2 aliphatic carbocycles. The fourth-order valence-electron chi connectivity index (χ4n) is 3.17. The first-order valence-electron chi connectivity index (χ1n) is 10.2. The summed E-state index contributed by atoms with van der Waals surface area (Å²) in [5, 5.41) is 2.86. The second-order valence-electron chi connectivity index (χ2n) is 7.70. The molecule has 2 saturated carbocycles. The van der Waals surface area contributed by atoms with Crippen LogP contribution in [-0.4, -0.2) is 42.7 Å². The molecular formula is C22H34N6O2. The van der Waals surface area contributed by atoms with Crippen LogP contribution in [0.2, 0.25) is 0 Å². The summed E-state index contributed by atoms with van der Waals surface area (Å²) in [5.41, 5.74) is 16.3. The zero-order chi connectivity index (χ0) is 22.5. The normalized spacial score (nSPS) is 18.2. The lowest BCUT2D eigenvalue weighted by Crippen LogP contribution is -2.45. The van der Waals surface area contributed by atoms with Gasteiger partial charge in [0.25, 0.3) is 5.91 Å². The van der Waals surface area contributed by atoms with E-state index >= 15 is 0 Å². The standard InChI is InChI=1S/C16H25N3O2.C6H9N3/c1-10(2)18-13(7-8-17)16(21)19-14(9-20)15(11-3-4-11)12-5-6-12;1-2-3-9-5-6(8)4-7/h7-12,14-15H,3-6,17H2,1-2H3,(H,19,21);1,4-5H,3,7-8H2/b8-7-,18-13?;6-4+,9-5?. The van der Waals surface area contributed by atoms with Crippen LogP contribution >= 0.6 is 0 Å². The van der Waals surface area contributed by atoms with E-state index in [4.69, 9.17) is 23.6 Å². The average Bonchev–Trinajstić information content (AvgIpc) is 3.62. The number of hydrogen-bond acceptors (Lipinski definition) is 7. The molecule has 0 aromatic heterocycles. The van der Waals surface area contributed by atoms with E-state index in [0.29, 0.717) is 30.0 Å². The Labute approximate surface area is 179 Å². The highest BCUT2D eigenvalue weighted by Crippen LogP contribution is 2.50. The first-order valence-corrected chi connectivity index (χ1v) is 10.2. The van der Waals surface area contributed by atoms with Crippen molar-refractivity contribution in [1.82, 2.24) is 5.32 Å². The summed E-state index contributed by atoms with van der Waals surface area (Å²) in [6.45, 7) is 4.13. The Morgan fingerprint density at radius 1 is 1.23 bits per heavy atom. The van der Waals surface area contributed by atoms with Crippen molar-refractivity contribution in [2.45, 2.75) is 51.6 Å². The number of rotatable bonds is 10. The van der Waals surface area contributed by atoms with E-state index < -0.39 is 6.04 Å². The number of aliphatic imine (C=N–C) groups is 2. The predicted molar refractivity (Wildman–Crippen MR) is 121 cm³/mol. The molecule has 8 nitrogen and oxygen atoms in total. The minimum absolute atomic E-state index is 0.000655.